The highest BCUT2D eigenvalue weighted by molar-refractivity contribution is 7.21. The van der Waals surface area contributed by atoms with E-state index in [1.165, 1.54) is 11.3 Å². The standard InChI is InChI=1S/C16H19NO3S/c1-16(2)10-20-8-7-17(16)9-12-11-5-3-4-6-13(11)21-14(12)15(18)19/h3-6H,7-10H2,1-2H3,(H,18,19). The molecule has 112 valence electrons. The lowest BCUT2D eigenvalue weighted by molar-refractivity contribution is -0.0551. The van der Waals surface area contributed by atoms with Gasteiger partial charge in [0.25, 0.3) is 0 Å². The molecule has 5 heteroatoms. The van der Waals surface area contributed by atoms with E-state index in [1.807, 2.05) is 24.3 Å². The lowest BCUT2D eigenvalue weighted by Crippen LogP contribution is -2.52. The van der Waals surface area contributed by atoms with Gasteiger partial charge in [0.2, 0.25) is 0 Å². The van der Waals surface area contributed by atoms with Gasteiger partial charge in [-0.1, -0.05) is 18.2 Å². The molecule has 2 aromatic rings. The first-order valence-corrected chi connectivity index (χ1v) is 7.87. The van der Waals surface area contributed by atoms with Crippen LogP contribution in [0.2, 0.25) is 0 Å². The summed E-state index contributed by atoms with van der Waals surface area (Å²) in [6.45, 7) is 7.14. The van der Waals surface area contributed by atoms with Gasteiger partial charge < -0.3 is 9.84 Å². The molecule has 4 nitrogen and oxygen atoms in total. The van der Waals surface area contributed by atoms with E-state index in [9.17, 15) is 9.90 Å². The molecule has 1 aliphatic heterocycles. The summed E-state index contributed by atoms with van der Waals surface area (Å²) in [5.74, 6) is -0.836. The fraction of sp³-hybridized carbons (Fsp3) is 0.438. The number of ether oxygens (including phenoxy) is 1. The van der Waals surface area contributed by atoms with E-state index in [4.69, 9.17) is 4.74 Å². The van der Waals surface area contributed by atoms with Crippen LogP contribution in [0.15, 0.2) is 24.3 Å². The number of morpholine rings is 1. The molecule has 1 fully saturated rings. The third kappa shape index (κ3) is 2.69. The van der Waals surface area contributed by atoms with Crippen LogP contribution in [0.4, 0.5) is 0 Å². The van der Waals surface area contributed by atoms with Crippen molar-refractivity contribution in [3.63, 3.8) is 0 Å². The van der Waals surface area contributed by atoms with Gasteiger partial charge in [0.15, 0.2) is 0 Å². The molecular weight excluding hydrogens is 286 g/mol. The van der Waals surface area contributed by atoms with Crippen LogP contribution in [-0.2, 0) is 11.3 Å². The zero-order valence-electron chi connectivity index (χ0n) is 12.3. The number of benzene rings is 1. The van der Waals surface area contributed by atoms with E-state index in [-0.39, 0.29) is 5.54 Å². The monoisotopic (exact) mass is 305 g/mol. The van der Waals surface area contributed by atoms with Gasteiger partial charge in [-0.05, 0) is 30.9 Å². The minimum atomic E-state index is -0.836. The van der Waals surface area contributed by atoms with Crippen molar-refractivity contribution < 1.29 is 14.6 Å². The number of hydrogen-bond donors (Lipinski definition) is 1. The summed E-state index contributed by atoms with van der Waals surface area (Å²) in [4.78, 5) is 14.3. The topological polar surface area (TPSA) is 49.8 Å². The van der Waals surface area contributed by atoms with E-state index in [2.05, 4.69) is 18.7 Å². The number of carbonyl (C=O) groups is 1. The minimum absolute atomic E-state index is 0.0724. The average molecular weight is 305 g/mol. The van der Waals surface area contributed by atoms with Crippen LogP contribution in [0.1, 0.15) is 29.1 Å². The Balaban J connectivity index is 2.02. The van der Waals surface area contributed by atoms with Crippen molar-refractivity contribution in [2.24, 2.45) is 0 Å². The van der Waals surface area contributed by atoms with Crippen LogP contribution in [0.5, 0.6) is 0 Å². The van der Waals surface area contributed by atoms with Crippen molar-refractivity contribution in [1.82, 2.24) is 4.90 Å². The Labute approximate surface area is 127 Å². The molecule has 0 saturated carbocycles. The van der Waals surface area contributed by atoms with Gasteiger partial charge in [-0.3, -0.25) is 4.90 Å². The molecule has 0 spiro atoms. The largest absolute Gasteiger partial charge is 0.477 e. The van der Waals surface area contributed by atoms with Gasteiger partial charge in [0, 0.05) is 23.3 Å². The average Bonchev–Trinajstić information content (AvgIpc) is 2.80. The Morgan fingerprint density at radius 3 is 2.90 bits per heavy atom. The van der Waals surface area contributed by atoms with E-state index >= 15 is 0 Å². The highest BCUT2D eigenvalue weighted by atomic mass is 32.1. The lowest BCUT2D eigenvalue weighted by atomic mass is 10.0. The molecule has 1 aromatic heterocycles. The number of nitrogens with zero attached hydrogens (tertiary/aromatic N) is 1. The summed E-state index contributed by atoms with van der Waals surface area (Å²) in [5.41, 5.74) is 0.856. The van der Waals surface area contributed by atoms with Gasteiger partial charge in [0.05, 0.1) is 13.2 Å². The quantitative estimate of drug-likeness (QED) is 0.946. The first-order chi connectivity index (χ1) is 9.99. The molecule has 1 aromatic carbocycles. The van der Waals surface area contributed by atoms with Crippen molar-refractivity contribution in [3.8, 4) is 0 Å². The third-order valence-corrected chi connectivity index (χ3v) is 5.26. The molecular formula is C16H19NO3S. The molecule has 0 unspecified atom stereocenters. The second-order valence-electron chi connectivity index (χ2n) is 6.00. The van der Waals surface area contributed by atoms with Crippen molar-refractivity contribution in [3.05, 3.63) is 34.7 Å². The highest BCUT2D eigenvalue weighted by Gasteiger charge is 2.32. The first kappa shape index (κ1) is 14.5. The van der Waals surface area contributed by atoms with Crippen LogP contribution in [0.3, 0.4) is 0 Å². The Bertz CT molecular complexity index is 677. The number of hydrogen-bond acceptors (Lipinski definition) is 4. The number of carboxylic acids is 1. The Hall–Kier alpha value is -1.43. The molecule has 0 bridgehead atoms. The van der Waals surface area contributed by atoms with E-state index in [0.717, 1.165) is 22.2 Å². The van der Waals surface area contributed by atoms with Crippen LogP contribution in [0.25, 0.3) is 10.1 Å². The summed E-state index contributed by atoms with van der Waals surface area (Å²) in [7, 11) is 0. The molecule has 1 N–H and O–H groups in total. The molecule has 2 heterocycles. The number of rotatable bonds is 3. The zero-order valence-corrected chi connectivity index (χ0v) is 13.1. The van der Waals surface area contributed by atoms with Gasteiger partial charge in [-0.15, -0.1) is 11.3 Å². The summed E-state index contributed by atoms with van der Waals surface area (Å²) < 4.78 is 6.58. The summed E-state index contributed by atoms with van der Waals surface area (Å²) in [6.07, 6.45) is 0. The van der Waals surface area contributed by atoms with E-state index in [0.29, 0.717) is 24.6 Å². The molecule has 1 aliphatic rings. The second kappa shape index (κ2) is 5.40. The summed E-state index contributed by atoms with van der Waals surface area (Å²) >= 11 is 1.36. The summed E-state index contributed by atoms with van der Waals surface area (Å²) in [6, 6.07) is 7.92. The number of aromatic carboxylic acids is 1. The maximum Gasteiger partial charge on any atom is 0.346 e. The highest BCUT2D eigenvalue weighted by Crippen LogP contribution is 2.34. The molecule has 0 radical (unpaired) electrons. The van der Waals surface area contributed by atoms with Crippen LogP contribution < -0.4 is 0 Å². The smallest absolute Gasteiger partial charge is 0.346 e. The molecule has 0 amide bonds. The maximum absolute atomic E-state index is 11.6. The number of fused-ring (bicyclic) bond motifs is 1. The van der Waals surface area contributed by atoms with Gasteiger partial charge in [-0.25, -0.2) is 4.79 Å². The van der Waals surface area contributed by atoms with E-state index in [1.54, 1.807) is 0 Å². The van der Waals surface area contributed by atoms with Crippen LogP contribution in [0, 0.1) is 0 Å². The molecule has 0 atom stereocenters. The van der Waals surface area contributed by atoms with Gasteiger partial charge >= 0.3 is 5.97 Å². The lowest BCUT2D eigenvalue weighted by Gasteiger charge is -2.42. The Morgan fingerprint density at radius 2 is 2.19 bits per heavy atom. The molecule has 21 heavy (non-hydrogen) atoms. The number of carboxylic acid groups (broad SMARTS) is 1. The predicted molar refractivity (Wildman–Crippen MR) is 84.1 cm³/mol. The van der Waals surface area contributed by atoms with E-state index < -0.39 is 5.97 Å². The van der Waals surface area contributed by atoms with Gasteiger partial charge in [-0.2, -0.15) is 0 Å². The molecule has 0 aliphatic carbocycles. The summed E-state index contributed by atoms with van der Waals surface area (Å²) in [5, 5.41) is 10.6. The fourth-order valence-corrected chi connectivity index (χ4v) is 3.86. The SMILES string of the molecule is CC1(C)COCCN1Cc1c(C(=O)O)sc2ccccc12. The van der Waals surface area contributed by atoms with Crippen molar-refractivity contribution in [2.45, 2.75) is 25.9 Å². The van der Waals surface area contributed by atoms with Crippen molar-refractivity contribution in [1.29, 1.82) is 0 Å². The normalized spacial score (nSPS) is 19.0. The Kier molecular flexibility index (Phi) is 3.73. The zero-order chi connectivity index (χ0) is 15.0. The van der Waals surface area contributed by atoms with Gasteiger partial charge in [0.1, 0.15) is 4.88 Å². The van der Waals surface area contributed by atoms with Crippen molar-refractivity contribution in [2.75, 3.05) is 19.8 Å². The first-order valence-electron chi connectivity index (χ1n) is 7.05. The number of thiophene rings is 1. The second-order valence-corrected chi connectivity index (χ2v) is 7.05. The minimum Gasteiger partial charge on any atom is -0.477 e. The van der Waals surface area contributed by atoms with Crippen molar-refractivity contribution >= 4 is 27.4 Å². The molecule has 1 saturated heterocycles. The Morgan fingerprint density at radius 1 is 1.43 bits per heavy atom. The fourth-order valence-electron chi connectivity index (χ4n) is 2.80. The third-order valence-electron chi connectivity index (χ3n) is 4.06. The van der Waals surface area contributed by atoms with Crippen LogP contribution in [-0.4, -0.2) is 41.3 Å². The predicted octanol–water partition coefficient (Wildman–Crippen LogP) is 3.21. The maximum atomic E-state index is 11.6. The van der Waals surface area contributed by atoms with Crippen LogP contribution >= 0.6 is 11.3 Å². The molecule has 3 rings (SSSR count).